The Kier molecular flexibility index (Phi) is 6.66. The Labute approximate surface area is 72.4 Å². The predicted octanol–water partition coefficient (Wildman–Crippen LogP) is 1.47. The van der Waals surface area contributed by atoms with E-state index in [0.29, 0.717) is 12.2 Å². The molecule has 66 valence electrons. The molecule has 1 atom stereocenters. The van der Waals surface area contributed by atoms with E-state index in [-0.39, 0.29) is 11.9 Å². The molecule has 0 aliphatic carbocycles. The van der Waals surface area contributed by atoms with Crippen molar-refractivity contribution in [3.63, 3.8) is 0 Å². The van der Waals surface area contributed by atoms with Crippen LogP contribution in [0.1, 0.15) is 26.7 Å². The third-order valence-electron chi connectivity index (χ3n) is 1.47. The molecule has 1 N–H and O–H groups in total. The summed E-state index contributed by atoms with van der Waals surface area (Å²) in [6.45, 7) is 4.03. The maximum absolute atomic E-state index is 11.0. The Hall–Kier alpha value is -0.0200. The smallest absolute Gasteiger partial charge is 0.145 e. The van der Waals surface area contributed by atoms with Crippen LogP contribution in [0.3, 0.4) is 0 Å². The number of aliphatic hydroxyl groups excluding tert-OH is 1. The van der Waals surface area contributed by atoms with E-state index in [1.54, 1.807) is 11.8 Å². The van der Waals surface area contributed by atoms with Gasteiger partial charge in [-0.1, -0.05) is 6.92 Å². The lowest BCUT2D eigenvalue weighted by molar-refractivity contribution is -0.117. The van der Waals surface area contributed by atoms with Crippen LogP contribution in [0.5, 0.6) is 0 Å². The van der Waals surface area contributed by atoms with E-state index in [1.165, 1.54) is 0 Å². The molecule has 1 unspecified atom stereocenters. The molecule has 0 saturated heterocycles. The highest BCUT2D eigenvalue weighted by Crippen LogP contribution is 2.13. The zero-order valence-electron chi connectivity index (χ0n) is 7.17. The van der Waals surface area contributed by atoms with Gasteiger partial charge in [0.1, 0.15) is 5.78 Å². The van der Waals surface area contributed by atoms with Crippen molar-refractivity contribution in [2.24, 2.45) is 0 Å². The van der Waals surface area contributed by atoms with Crippen LogP contribution in [0.25, 0.3) is 0 Å². The summed E-state index contributed by atoms with van der Waals surface area (Å²) in [6, 6.07) is 0. The molecule has 3 heteroatoms. The molecule has 0 aliphatic rings. The monoisotopic (exact) mass is 176 g/mol. The second kappa shape index (κ2) is 6.68. The number of thioether (sulfide) groups is 1. The van der Waals surface area contributed by atoms with Gasteiger partial charge in [0.2, 0.25) is 0 Å². The van der Waals surface area contributed by atoms with Gasteiger partial charge in [-0.3, -0.25) is 4.79 Å². The van der Waals surface area contributed by atoms with E-state index in [4.69, 9.17) is 5.11 Å². The van der Waals surface area contributed by atoms with Gasteiger partial charge in [0.05, 0.1) is 5.25 Å². The van der Waals surface area contributed by atoms with Crippen LogP contribution in [-0.2, 0) is 4.79 Å². The van der Waals surface area contributed by atoms with E-state index in [0.717, 1.165) is 12.2 Å². The fourth-order valence-corrected chi connectivity index (χ4v) is 1.71. The standard InChI is InChI=1S/C8H16O2S/c1-3-8(10)7(2)11-6-4-5-9/h7,9H,3-6H2,1-2H3. The maximum atomic E-state index is 11.0. The molecule has 0 spiro atoms. The largest absolute Gasteiger partial charge is 0.396 e. The number of ketones is 1. The highest BCUT2D eigenvalue weighted by Gasteiger charge is 2.09. The Morgan fingerprint density at radius 2 is 2.27 bits per heavy atom. The molecule has 0 aromatic heterocycles. The third-order valence-corrected chi connectivity index (χ3v) is 2.76. The van der Waals surface area contributed by atoms with Crippen molar-refractivity contribution in [3.05, 3.63) is 0 Å². The molecule has 0 fully saturated rings. The summed E-state index contributed by atoms with van der Waals surface area (Å²) in [5.41, 5.74) is 0. The Balaban J connectivity index is 3.36. The quantitative estimate of drug-likeness (QED) is 0.623. The van der Waals surface area contributed by atoms with Gasteiger partial charge < -0.3 is 5.11 Å². The lowest BCUT2D eigenvalue weighted by Crippen LogP contribution is -2.12. The maximum Gasteiger partial charge on any atom is 0.145 e. The predicted molar refractivity (Wildman–Crippen MR) is 48.9 cm³/mol. The van der Waals surface area contributed by atoms with Gasteiger partial charge in [-0.05, 0) is 19.1 Å². The Morgan fingerprint density at radius 3 is 2.73 bits per heavy atom. The van der Waals surface area contributed by atoms with E-state index >= 15 is 0 Å². The summed E-state index contributed by atoms with van der Waals surface area (Å²) < 4.78 is 0. The molecule has 0 radical (unpaired) electrons. The van der Waals surface area contributed by atoms with Crippen LogP contribution < -0.4 is 0 Å². The molecule has 0 aliphatic heterocycles. The van der Waals surface area contributed by atoms with Crippen molar-refractivity contribution in [2.75, 3.05) is 12.4 Å². The van der Waals surface area contributed by atoms with Crippen LogP contribution >= 0.6 is 11.8 Å². The van der Waals surface area contributed by atoms with Crippen molar-refractivity contribution in [1.29, 1.82) is 0 Å². The van der Waals surface area contributed by atoms with Crippen molar-refractivity contribution < 1.29 is 9.90 Å². The van der Waals surface area contributed by atoms with Gasteiger partial charge in [-0.15, -0.1) is 0 Å². The lowest BCUT2D eigenvalue weighted by Gasteiger charge is -2.06. The minimum Gasteiger partial charge on any atom is -0.396 e. The molecule has 0 amide bonds. The Morgan fingerprint density at radius 1 is 1.64 bits per heavy atom. The molecule has 2 nitrogen and oxygen atoms in total. The van der Waals surface area contributed by atoms with Gasteiger partial charge in [-0.2, -0.15) is 11.8 Å². The second-order valence-corrected chi connectivity index (χ2v) is 3.86. The first-order chi connectivity index (χ1) is 5.22. The van der Waals surface area contributed by atoms with Crippen LogP contribution in [0.4, 0.5) is 0 Å². The highest BCUT2D eigenvalue weighted by atomic mass is 32.2. The van der Waals surface area contributed by atoms with Crippen molar-refractivity contribution >= 4 is 17.5 Å². The molecular weight excluding hydrogens is 160 g/mol. The van der Waals surface area contributed by atoms with Gasteiger partial charge in [0, 0.05) is 13.0 Å². The van der Waals surface area contributed by atoms with Crippen LogP contribution in [0.15, 0.2) is 0 Å². The molecule has 0 aromatic carbocycles. The summed E-state index contributed by atoms with van der Waals surface area (Å²) in [6.07, 6.45) is 1.40. The number of hydrogen-bond acceptors (Lipinski definition) is 3. The average molecular weight is 176 g/mol. The second-order valence-electron chi connectivity index (χ2n) is 2.41. The summed E-state index contributed by atoms with van der Waals surface area (Å²) >= 11 is 1.62. The van der Waals surface area contributed by atoms with E-state index in [1.807, 2.05) is 13.8 Å². The number of rotatable bonds is 6. The van der Waals surface area contributed by atoms with Crippen molar-refractivity contribution in [2.45, 2.75) is 31.9 Å². The van der Waals surface area contributed by atoms with E-state index < -0.39 is 0 Å². The number of aliphatic hydroxyl groups is 1. The lowest BCUT2D eigenvalue weighted by atomic mass is 10.2. The zero-order valence-corrected chi connectivity index (χ0v) is 7.99. The molecule has 0 rings (SSSR count). The van der Waals surface area contributed by atoms with Crippen LogP contribution in [0.2, 0.25) is 0 Å². The van der Waals surface area contributed by atoms with Gasteiger partial charge in [0.25, 0.3) is 0 Å². The first-order valence-corrected chi connectivity index (χ1v) is 5.02. The summed E-state index contributed by atoms with van der Waals surface area (Å²) in [4.78, 5) is 11.0. The fourth-order valence-electron chi connectivity index (χ4n) is 0.705. The molecule has 0 aromatic rings. The van der Waals surface area contributed by atoms with Crippen LogP contribution in [0, 0.1) is 0 Å². The number of hydrogen-bond donors (Lipinski definition) is 1. The minimum atomic E-state index is 0.103. The molecule has 0 bridgehead atoms. The van der Waals surface area contributed by atoms with Crippen molar-refractivity contribution in [3.8, 4) is 0 Å². The number of Topliss-reactive ketones (excluding diaryl/α,β-unsaturated/α-hetero) is 1. The molecular formula is C8H16O2S. The molecule has 0 saturated carbocycles. The first kappa shape index (κ1) is 11.0. The van der Waals surface area contributed by atoms with Crippen molar-refractivity contribution in [1.82, 2.24) is 0 Å². The van der Waals surface area contributed by atoms with Gasteiger partial charge >= 0.3 is 0 Å². The topological polar surface area (TPSA) is 37.3 Å². The highest BCUT2D eigenvalue weighted by molar-refractivity contribution is 8.00. The average Bonchev–Trinajstić information content (AvgIpc) is 2.03. The summed E-state index contributed by atoms with van der Waals surface area (Å²) in [7, 11) is 0. The third kappa shape index (κ3) is 5.27. The fraction of sp³-hybridized carbons (Fsp3) is 0.875. The first-order valence-electron chi connectivity index (χ1n) is 3.97. The minimum absolute atomic E-state index is 0.103. The molecule has 11 heavy (non-hydrogen) atoms. The zero-order chi connectivity index (χ0) is 8.69. The van der Waals surface area contributed by atoms with Gasteiger partial charge in [0.15, 0.2) is 0 Å². The molecule has 0 heterocycles. The van der Waals surface area contributed by atoms with E-state index in [9.17, 15) is 4.79 Å². The summed E-state index contributed by atoms with van der Waals surface area (Å²) in [5, 5.41) is 8.58. The number of carbonyl (C=O) groups is 1. The summed E-state index contributed by atoms with van der Waals surface area (Å²) in [5.74, 6) is 1.18. The SMILES string of the molecule is CCC(=O)C(C)SCCCO. The van der Waals surface area contributed by atoms with E-state index in [2.05, 4.69) is 0 Å². The number of carbonyl (C=O) groups excluding carboxylic acids is 1. The normalized spacial score (nSPS) is 13.0. The van der Waals surface area contributed by atoms with Gasteiger partial charge in [-0.25, -0.2) is 0 Å². The van der Waals surface area contributed by atoms with Crippen LogP contribution in [-0.4, -0.2) is 28.5 Å². The Bertz CT molecular complexity index is 115.